The molecule has 0 saturated carbocycles. The first-order chi connectivity index (χ1) is 23.7. The van der Waals surface area contributed by atoms with E-state index in [1.54, 1.807) is 0 Å². The zero-order chi connectivity index (χ0) is 35.6. The molecule has 2 rings (SSSR count). The van der Waals surface area contributed by atoms with Gasteiger partial charge in [0, 0.05) is 12.6 Å². The maximum Gasteiger partial charge on any atom is 0.474 e. The second-order valence-corrected chi connectivity index (χ2v) is 15.5. The molecule has 1 aliphatic rings. The summed E-state index contributed by atoms with van der Waals surface area (Å²) in [6.07, 6.45) is 26.0. The average molecular weight is 720 g/mol. The number of hydrogen-bond donors (Lipinski definition) is 1. The van der Waals surface area contributed by atoms with Gasteiger partial charge in [0.05, 0.1) is 25.9 Å². The third-order valence-corrected chi connectivity index (χ3v) is 10.7. The van der Waals surface area contributed by atoms with Gasteiger partial charge in [-0.1, -0.05) is 155 Å². The van der Waals surface area contributed by atoms with Gasteiger partial charge in [0.15, 0.2) is 0 Å². The minimum absolute atomic E-state index is 0.0704. The quantitative estimate of drug-likeness (QED) is 0.0578. The highest BCUT2D eigenvalue weighted by atomic mass is 31.2. The van der Waals surface area contributed by atoms with E-state index in [0.717, 1.165) is 31.9 Å². The first kappa shape index (κ1) is 43.8. The molecule has 1 saturated heterocycles. The van der Waals surface area contributed by atoms with Crippen LogP contribution in [0.5, 0.6) is 0 Å². The summed E-state index contributed by atoms with van der Waals surface area (Å²) >= 11 is 0. The minimum atomic E-state index is -4.01. The Morgan fingerprint density at radius 1 is 0.755 bits per heavy atom. The van der Waals surface area contributed by atoms with Crippen molar-refractivity contribution in [1.82, 2.24) is 9.55 Å². The molecule has 1 aromatic rings. The van der Waals surface area contributed by atoms with Crippen LogP contribution in [0.4, 0.5) is 14.6 Å². The Morgan fingerprint density at radius 3 is 1.57 bits per heavy atom. The lowest BCUT2D eigenvalue weighted by molar-refractivity contribution is -0.120. The van der Waals surface area contributed by atoms with Gasteiger partial charge in [-0.2, -0.15) is 4.98 Å². The number of unbranched alkanes of at least 4 members (excludes halogenated alkanes) is 22. The van der Waals surface area contributed by atoms with Crippen LogP contribution in [-0.4, -0.2) is 41.4 Å². The van der Waals surface area contributed by atoms with Crippen LogP contribution in [-0.2, 0) is 22.9 Å². The van der Waals surface area contributed by atoms with Crippen LogP contribution in [0.15, 0.2) is 17.1 Å². The number of hydrogen-bond acceptors (Lipinski definition) is 8. The highest BCUT2D eigenvalue weighted by molar-refractivity contribution is 7.48. The molecule has 2 atom stereocenters. The molecule has 1 aliphatic heterocycles. The molecule has 2 heterocycles. The van der Waals surface area contributed by atoms with Crippen LogP contribution in [0.25, 0.3) is 0 Å². The Labute approximate surface area is 295 Å². The van der Waals surface area contributed by atoms with Crippen molar-refractivity contribution >= 4 is 13.6 Å². The minimum Gasteiger partial charge on any atom is -0.383 e. The van der Waals surface area contributed by atoms with Crippen LogP contribution >= 0.6 is 7.82 Å². The number of nitrogen functional groups attached to an aromatic ring is 1. The molecule has 1 aromatic heterocycles. The van der Waals surface area contributed by atoms with E-state index in [1.807, 2.05) is 0 Å². The van der Waals surface area contributed by atoms with Gasteiger partial charge in [0.1, 0.15) is 5.82 Å². The van der Waals surface area contributed by atoms with Crippen molar-refractivity contribution in [3.05, 3.63) is 22.7 Å². The normalized spacial score (nSPS) is 17.6. The van der Waals surface area contributed by atoms with E-state index in [4.69, 9.17) is 24.0 Å². The molecular formula is C37H68F2N3O6P. The fourth-order valence-corrected chi connectivity index (χ4v) is 7.51. The Bertz CT molecular complexity index is 1040. The number of halogens is 2. The number of anilines is 1. The van der Waals surface area contributed by atoms with E-state index in [1.165, 1.54) is 122 Å². The Morgan fingerprint density at radius 2 is 1.16 bits per heavy atom. The summed E-state index contributed by atoms with van der Waals surface area (Å²) in [6.45, 7) is 4.45. The monoisotopic (exact) mass is 719 g/mol. The van der Waals surface area contributed by atoms with Crippen LogP contribution in [0.1, 0.15) is 181 Å². The average Bonchev–Trinajstić information content (AvgIpc) is 3.38. The van der Waals surface area contributed by atoms with E-state index in [0.29, 0.717) is 17.4 Å². The van der Waals surface area contributed by atoms with Crippen molar-refractivity contribution in [2.45, 2.75) is 193 Å². The van der Waals surface area contributed by atoms with Gasteiger partial charge >= 0.3 is 13.5 Å². The Balaban J connectivity index is 1.74. The number of alkyl halides is 2. The number of aromatic nitrogens is 2. The third kappa shape index (κ3) is 19.7. The molecule has 49 heavy (non-hydrogen) atoms. The fraction of sp³-hybridized carbons (Fsp3) is 0.892. The Hall–Kier alpha value is -1.39. The van der Waals surface area contributed by atoms with Crippen molar-refractivity contribution in [3.63, 3.8) is 0 Å². The van der Waals surface area contributed by atoms with Crippen LogP contribution in [0.2, 0.25) is 0 Å². The molecule has 12 heteroatoms. The zero-order valence-electron chi connectivity index (χ0n) is 30.7. The summed E-state index contributed by atoms with van der Waals surface area (Å²) in [5.74, 6) is -3.44. The summed E-state index contributed by atoms with van der Waals surface area (Å²) in [7, 11) is -4.01. The first-order valence-electron chi connectivity index (χ1n) is 19.6. The fourth-order valence-electron chi connectivity index (χ4n) is 6.23. The van der Waals surface area contributed by atoms with Gasteiger partial charge in [-0.05, 0) is 18.9 Å². The summed E-state index contributed by atoms with van der Waals surface area (Å²) in [6, 6.07) is 1.26. The molecule has 0 amide bonds. The number of rotatable bonds is 32. The number of phosphoric acid groups is 1. The van der Waals surface area contributed by atoms with E-state index < -0.39 is 44.8 Å². The predicted molar refractivity (Wildman–Crippen MR) is 194 cm³/mol. The molecule has 0 radical (unpaired) electrons. The van der Waals surface area contributed by atoms with E-state index in [-0.39, 0.29) is 19.0 Å². The van der Waals surface area contributed by atoms with Crippen molar-refractivity contribution in [1.29, 1.82) is 0 Å². The van der Waals surface area contributed by atoms with E-state index in [2.05, 4.69) is 18.8 Å². The highest BCUT2D eigenvalue weighted by Crippen LogP contribution is 2.51. The number of ether oxygens (including phenoxy) is 1. The van der Waals surface area contributed by atoms with Crippen molar-refractivity contribution in [3.8, 4) is 0 Å². The molecular weight excluding hydrogens is 651 g/mol. The lowest BCUT2D eigenvalue weighted by Crippen LogP contribution is -2.35. The standard InChI is InChI=1S/C37H68F2N3O6P/c1-3-5-7-9-11-13-15-17-19-21-23-25-29-45-49(44,46-30-26-24-22-20-18-16-14-12-10-8-6-4-2)47-32-33-31-37(38,39)35(48-33)42-28-27-34(40)41-36(42)43/h27-28,33,35H,3-26,29-32H2,1-2H3,(H2,40,41,43)/t33-,35+/m0/s1. The van der Waals surface area contributed by atoms with Crippen molar-refractivity contribution in [2.24, 2.45) is 0 Å². The highest BCUT2D eigenvalue weighted by Gasteiger charge is 2.52. The van der Waals surface area contributed by atoms with Crippen molar-refractivity contribution < 1.29 is 31.7 Å². The van der Waals surface area contributed by atoms with Crippen LogP contribution in [0.3, 0.4) is 0 Å². The van der Waals surface area contributed by atoms with Gasteiger partial charge in [0.25, 0.3) is 5.92 Å². The topological polar surface area (TPSA) is 115 Å². The largest absolute Gasteiger partial charge is 0.474 e. The molecule has 9 nitrogen and oxygen atoms in total. The maximum atomic E-state index is 14.9. The van der Waals surface area contributed by atoms with Crippen LogP contribution in [0, 0.1) is 0 Å². The van der Waals surface area contributed by atoms with Crippen molar-refractivity contribution in [2.75, 3.05) is 25.6 Å². The first-order valence-corrected chi connectivity index (χ1v) is 21.1. The number of nitrogens with two attached hydrogens (primary N) is 1. The van der Waals surface area contributed by atoms with Gasteiger partial charge < -0.3 is 10.5 Å². The molecule has 0 bridgehead atoms. The smallest absolute Gasteiger partial charge is 0.383 e. The molecule has 1 fully saturated rings. The lowest BCUT2D eigenvalue weighted by atomic mass is 10.1. The van der Waals surface area contributed by atoms with Crippen LogP contribution < -0.4 is 11.4 Å². The van der Waals surface area contributed by atoms with E-state index >= 15 is 0 Å². The maximum absolute atomic E-state index is 14.9. The second-order valence-electron chi connectivity index (χ2n) is 13.8. The second kappa shape index (κ2) is 26.4. The molecule has 0 aromatic carbocycles. The lowest BCUT2D eigenvalue weighted by Gasteiger charge is -2.21. The summed E-state index contributed by atoms with van der Waals surface area (Å²) in [5, 5.41) is 0. The summed E-state index contributed by atoms with van der Waals surface area (Å²) in [4.78, 5) is 15.7. The summed E-state index contributed by atoms with van der Waals surface area (Å²) in [5.41, 5.74) is 4.56. The van der Waals surface area contributed by atoms with Gasteiger partial charge in [0.2, 0.25) is 6.23 Å². The number of nitrogens with zero attached hydrogens (tertiary/aromatic N) is 2. The predicted octanol–water partition coefficient (Wildman–Crippen LogP) is 11.3. The third-order valence-electron chi connectivity index (χ3n) is 9.20. The molecule has 0 unspecified atom stereocenters. The number of phosphoric ester groups is 1. The summed E-state index contributed by atoms with van der Waals surface area (Å²) < 4.78 is 66.5. The molecule has 286 valence electrons. The molecule has 0 spiro atoms. The Kier molecular flexibility index (Phi) is 23.6. The van der Waals surface area contributed by atoms with Gasteiger partial charge in [-0.25, -0.2) is 18.1 Å². The molecule has 0 aliphatic carbocycles. The van der Waals surface area contributed by atoms with E-state index in [9.17, 15) is 18.1 Å². The van der Waals surface area contributed by atoms with Gasteiger partial charge in [-0.15, -0.1) is 0 Å². The SMILES string of the molecule is CCCCCCCCCCCCCCOP(=O)(OCCCCCCCCCCCCCC)OC[C@@H]1CC(F)(F)[C@H](n2ccc(N)nc2=O)O1. The molecule has 2 N–H and O–H groups in total. The zero-order valence-corrected chi connectivity index (χ0v) is 31.6. The van der Waals surface area contributed by atoms with Gasteiger partial charge in [-0.3, -0.25) is 18.1 Å².